The molecule has 150 valence electrons. The van der Waals surface area contributed by atoms with E-state index in [0.717, 1.165) is 12.0 Å². The van der Waals surface area contributed by atoms with Crippen molar-refractivity contribution in [1.82, 2.24) is 4.90 Å². The molecule has 1 aromatic carbocycles. The summed E-state index contributed by atoms with van der Waals surface area (Å²) in [4.78, 5) is 32.2. The number of hydrogen-bond donors (Lipinski definition) is 0. The number of esters is 1. The molecule has 1 amide bonds. The highest BCUT2D eigenvalue weighted by atomic mass is 32.2. The van der Waals surface area contributed by atoms with Gasteiger partial charge >= 0.3 is 5.97 Å². The van der Waals surface area contributed by atoms with E-state index in [9.17, 15) is 9.59 Å². The van der Waals surface area contributed by atoms with Gasteiger partial charge in [-0.1, -0.05) is 49.9 Å². The van der Waals surface area contributed by atoms with Crippen LogP contribution >= 0.6 is 11.8 Å². The van der Waals surface area contributed by atoms with Crippen LogP contribution in [-0.2, 0) is 25.5 Å². The van der Waals surface area contributed by atoms with Gasteiger partial charge in [0.25, 0.3) is 0 Å². The first-order chi connectivity index (χ1) is 13.5. The van der Waals surface area contributed by atoms with Crippen molar-refractivity contribution in [3.05, 3.63) is 46.7 Å². The van der Waals surface area contributed by atoms with E-state index in [1.807, 2.05) is 31.2 Å². The molecule has 2 unspecified atom stereocenters. The molecule has 0 aliphatic carbocycles. The summed E-state index contributed by atoms with van der Waals surface area (Å²) >= 11 is 1.47. The van der Waals surface area contributed by atoms with E-state index in [0.29, 0.717) is 29.5 Å². The third kappa shape index (κ3) is 3.86. The lowest BCUT2D eigenvalue weighted by atomic mass is 9.93. The van der Waals surface area contributed by atoms with Crippen LogP contribution in [0, 0.1) is 0 Å². The second kappa shape index (κ2) is 8.92. The topological polar surface area (TPSA) is 68.2 Å². The molecule has 2 atom stereocenters. The van der Waals surface area contributed by atoms with Gasteiger partial charge in [-0.25, -0.2) is 9.79 Å². The van der Waals surface area contributed by atoms with Crippen LogP contribution in [-0.4, -0.2) is 47.5 Å². The van der Waals surface area contributed by atoms with Gasteiger partial charge in [0, 0.05) is 7.11 Å². The van der Waals surface area contributed by atoms with Gasteiger partial charge in [-0.3, -0.25) is 9.69 Å². The Hall–Kier alpha value is -2.12. The van der Waals surface area contributed by atoms with E-state index >= 15 is 0 Å². The Kier molecular flexibility index (Phi) is 6.57. The molecule has 6 nitrogen and oxygen atoms in total. The van der Waals surface area contributed by atoms with Gasteiger partial charge in [-0.2, -0.15) is 0 Å². The Morgan fingerprint density at radius 3 is 2.54 bits per heavy atom. The standard InChI is InChI=1S/C21H26N2O4S/c1-5-14-7-9-15(10-8-14)18-17(20(25)27-12-11-26-4)13(3)22-21-23(18)19(24)16(6-2)28-21/h7-10,16,18H,5-6,11-12H2,1-4H3. The van der Waals surface area contributed by atoms with Gasteiger partial charge in [-0.05, 0) is 30.9 Å². The molecule has 1 saturated heterocycles. The van der Waals surface area contributed by atoms with Crippen LogP contribution < -0.4 is 0 Å². The van der Waals surface area contributed by atoms with Gasteiger partial charge in [0.2, 0.25) is 5.91 Å². The van der Waals surface area contributed by atoms with E-state index < -0.39 is 12.0 Å². The zero-order valence-electron chi connectivity index (χ0n) is 16.7. The number of benzene rings is 1. The van der Waals surface area contributed by atoms with Crippen LogP contribution in [0.3, 0.4) is 0 Å². The molecule has 0 bridgehead atoms. The van der Waals surface area contributed by atoms with Crippen LogP contribution in [0.4, 0.5) is 0 Å². The maximum absolute atomic E-state index is 13.0. The number of carbonyl (C=O) groups is 2. The number of nitrogens with zero attached hydrogens (tertiary/aromatic N) is 2. The number of carbonyl (C=O) groups excluding carboxylic acids is 2. The number of amidine groups is 1. The van der Waals surface area contributed by atoms with Crippen molar-refractivity contribution in [3.8, 4) is 0 Å². The molecule has 7 heteroatoms. The average Bonchev–Trinajstić information content (AvgIpc) is 3.02. The van der Waals surface area contributed by atoms with Crippen molar-refractivity contribution in [2.45, 2.75) is 44.9 Å². The van der Waals surface area contributed by atoms with Crippen molar-refractivity contribution in [2.24, 2.45) is 4.99 Å². The Bertz CT molecular complexity index is 816. The lowest BCUT2D eigenvalue weighted by molar-refractivity contribution is -0.141. The second-order valence-electron chi connectivity index (χ2n) is 6.74. The zero-order chi connectivity index (χ0) is 20.3. The number of fused-ring (bicyclic) bond motifs is 1. The fourth-order valence-corrected chi connectivity index (χ4v) is 4.53. The summed E-state index contributed by atoms with van der Waals surface area (Å²) in [6.07, 6.45) is 1.64. The lowest BCUT2D eigenvalue weighted by Crippen LogP contribution is -2.40. The molecule has 2 aliphatic heterocycles. The van der Waals surface area contributed by atoms with Crippen LogP contribution in [0.2, 0.25) is 0 Å². The molecule has 0 radical (unpaired) electrons. The largest absolute Gasteiger partial charge is 0.460 e. The summed E-state index contributed by atoms with van der Waals surface area (Å²) in [5, 5.41) is 0.486. The predicted octanol–water partition coefficient (Wildman–Crippen LogP) is 3.48. The minimum atomic E-state index is -0.523. The number of rotatable bonds is 7. The third-order valence-corrected chi connectivity index (χ3v) is 6.28. The van der Waals surface area contributed by atoms with E-state index in [1.165, 1.54) is 17.3 Å². The van der Waals surface area contributed by atoms with Gasteiger partial charge in [0.05, 0.1) is 29.2 Å². The Labute approximate surface area is 170 Å². The van der Waals surface area contributed by atoms with Crippen LogP contribution in [0.25, 0.3) is 0 Å². The van der Waals surface area contributed by atoms with Crippen molar-refractivity contribution in [2.75, 3.05) is 20.3 Å². The summed E-state index contributed by atoms with van der Waals surface area (Å²) in [5.41, 5.74) is 3.09. The quantitative estimate of drug-likeness (QED) is 0.516. The van der Waals surface area contributed by atoms with E-state index in [1.54, 1.807) is 18.9 Å². The van der Waals surface area contributed by atoms with Crippen molar-refractivity contribution >= 4 is 28.8 Å². The highest BCUT2D eigenvalue weighted by Gasteiger charge is 2.47. The molecule has 0 N–H and O–H groups in total. The number of methoxy groups -OCH3 is 1. The van der Waals surface area contributed by atoms with Crippen molar-refractivity contribution in [1.29, 1.82) is 0 Å². The number of aryl methyl sites for hydroxylation is 1. The number of aliphatic imine (C=N–C) groups is 1. The van der Waals surface area contributed by atoms with E-state index in [4.69, 9.17) is 9.47 Å². The molecule has 3 rings (SSSR count). The highest BCUT2D eigenvalue weighted by Crippen LogP contribution is 2.44. The number of thioether (sulfide) groups is 1. The molecule has 0 saturated carbocycles. The smallest absolute Gasteiger partial charge is 0.338 e. The molecule has 0 aromatic heterocycles. The second-order valence-corrected chi connectivity index (χ2v) is 7.91. The summed E-state index contributed by atoms with van der Waals surface area (Å²) in [6.45, 7) is 6.35. The average molecular weight is 403 g/mol. The fourth-order valence-electron chi connectivity index (χ4n) is 3.40. The fraction of sp³-hybridized carbons (Fsp3) is 0.476. The van der Waals surface area contributed by atoms with Gasteiger partial charge in [0.1, 0.15) is 6.61 Å². The van der Waals surface area contributed by atoms with E-state index in [-0.39, 0.29) is 17.8 Å². The molecular formula is C21H26N2O4S. The number of amides is 1. The highest BCUT2D eigenvalue weighted by molar-refractivity contribution is 8.15. The van der Waals surface area contributed by atoms with Crippen molar-refractivity contribution < 1.29 is 19.1 Å². The Morgan fingerprint density at radius 1 is 1.21 bits per heavy atom. The Balaban J connectivity index is 2.03. The summed E-state index contributed by atoms with van der Waals surface area (Å²) in [7, 11) is 1.55. The molecular weight excluding hydrogens is 376 g/mol. The normalized spacial score (nSPS) is 21.6. The molecule has 2 heterocycles. The number of allylic oxidation sites excluding steroid dienone is 1. The Morgan fingerprint density at radius 2 is 1.93 bits per heavy atom. The predicted molar refractivity (Wildman–Crippen MR) is 110 cm³/mol. The monoisotopic (exact) mass is 402 g/mol. The first-order valence-electron chi connectivity index (χ1n) is 9.55. The zero-order valence-corrected chi connectivity index (χ0v) is 17.5. The number of ether oxygens (including phenoxy) is 2. The summed E-state index contributed by atoms with van der Waals surface area (Å²) in [5.74, 6) is -0.467. The first-order valence-corrected chi connectivity index (χ1v) is 10.4. The first kappa shape index (κ1) is 20.6. The summed E-state index contributed by atoms with van der Waals surface area (Å²) < 4.78 is 10.4. The van der Waals surface area contributed by atoms with Gasteiger partial charge in [0.15, 0.2) is 5.17 Å². The maximum atomic E-state index is 13.0. The molecule has 2 aliphatic rings. The SMILES string of the molecule is CCc1ccc(C2C(C(=O)OCCOC)=C(C)N=C3SC(CC)C(=O)N32)cc1. The van der Waals surface area contributed by atoms with Crippen LogP contribution in [0.5, 0.6) is 0 Å². The van der Waals surface area contributed by atoms with Crippen LogP contribution in [0.1, 0.15) is 44.4 Å². The minimum Gasteiger partial charge on any atom is -0.460 e. The molecule has 1 fully saturated rings. The maximum Gasteiger partial charge on any atom is 0.338 e. The van der Waals surface area contributed by atoms with Crippen LogP contribution in [0.15, 0.2) is 40.5 Å². The molecule has 28 heavy (non-hydrogen) atoms. The minimum absolute atomic E-state index is 0.00879. The molecule has 0 spiro atoms. The summed E-state index contributed by atoms with van der Waals surface area (Å²) in [6, 6.07) is 7.52. The van der Waals surface area contributed by atoms with Gasteiger partial charge < -0.3 is 9.47 Å². The lowest BCUT2D eigenvalue weighted by Gasteiger charge is -2.33. The number of hydrogen-bond acceptors (Lipinski definition) is 6. The van der Waals surface area contributed by atoms with E-state index in [2.05, 4.69) is 11.9 Å². The third-order valence-electron chi connectivity index (χ3n) is 4.97. The van der Waals surface area contributed by atoms with Crippen molar-refractivity contribution in [3.63, 3.8) is 0 Å². The molecule has 1 aromatic rings. The van der Waals surface area contributed by atoms with Gasteiger partial charge in [-0.15, -0.1) is 0 Å².